The molecule has 0 saturated carbocycles. The number of thiophene rings is 1. The van der Waals surface area contributed by atoms with Crippen LogP contribution >= 0.6 is 11.3 Å². The zero-order valence-electron chi connectivity index (χ0n) is 12.6. The molecule has 21 heavy (non-hydrogen) atoms. The van der Waals surface area contributed by atoms with Crippen LogP contribution < -0.4 is 5.32 Å². The lowest BCUT2D eigenvalue weighted by molar-refractivity contribution is 0.696. The van der Waals surface area contributed by atoms with Gasteiger partial charge in [0.25, 0.3) is 0 Å². The van der Waals surface area contributed by atoms with Crippen molar-refractivity contribution in [1.82, 2.24) is 0 Å². The summed E-state index contributed by atoms with van der Waals surface area (Å²) in [7, 11) is 0. The van der Waals surface area contributed by atoms with Crippen molar-refractivity contribution in [3.63, 3.8) is 0 Å². The fourth-order valence-electron chi connectivity index (χ4n) is 2.88. The van der Waals surface area contributed by atoms with E-state index in [1.54, 1.807) is 10.4 Å². The minimum atomic E-state index is 0.285. The maximum absolute atomic E-state index is 9.04. The van der Waals surface area contributed by atoms with Crippen LogP contribution in [-0.4, -0.2) is 0 Å². The van der Waals surface area contributed by atoms with Gasteiger partial charge in [0.15, 0.2) is 0 Å². The normalized spacial score (nSPS) is 15.1. The fraction of sp³-hybridized carbons (Fsp3) is 0.389. The van der Waals surface area contributed by atoms with Gasteiger partial charge in [-0.25, -0.2) is 0 Å². The molecule has 2 nitrogen and oxygen atoms in total. The monoisotopic (exact) mass is 296 g/mol. The Morgan fingerprint density at radius 2 is 2.05 bits per heavy atom. The topological polar surface area (TPSA) is 35.8 Å². The molecule has 1 aliphatic rings. The summed E-state index contributed by atoms with van der Waals surface area (Å²) in [5, 5.41) is 12.6. The SMILES string of the molecule is Cc1ccc(C#N)cc1NC(C)c1cc2c(s1)CCCC2. The number of fused-ring (bicyclic) bond motifs is 1. The van der Waals surface area contributed by atoms with E-state index in [-0.39, 0.29) is 6.04 Å². The van der Waals surface area contributed by atoms with Crippen LogP contribution in [0.4, 0.5) is 5.69 Å². The molecular formula is C18H20N2S. The van der Waals surface area contributed by atoms with Gasteiger partial charge in [-0.2, -0.15) is 5.26 Å². The first-order chi connectivity index (χ1) is 10.2. The van der Waals surface area contributed by atoms with E-state index in [0.717, 1.165) is 5.69 Å². The molecule has 0 fully saturated rings. The van der Waals surface area contributed by atoms with Crippen LogP contribution in [0.5, 0.6) is 0 Å². The molecular weight excluding hydrogens is 276 g/mol. The third-order valence-corrected chi connectivity index (χ3v) is 5.60. The average molecular weight is 296 g/mol. The number of nitrogens with zero attached hydrogens (tertiary/aromatic N) is 1. The number of hydrogen-bond donors (Lipinski definition) is 1. The number of benzene rings is 1. The van der Waals surface area contributed by atoms with Gasteiger partial charge >= 0.3 is 0 Å². The van der Waals surface area contributed by atoms with Gasteiger partial charge in [-0.1, -0.05) is 6.07 Å². The second-order valence-corrected chi connectivity index (χ2v) is 6.98. The van der Waals surface area contributed by atoms with E-state index >= 15 is 0 Å². The molecule has 0 saturated heterocycles. The van der Waals surface area contributed by atoms with E-state index in [0.29, 0.717) is 5.56 Å². The van der Waals surface area contributed by atoms with Crippen molar-refractivity contribution in [2.75, 3.05) is 5.32 Å². The van der Waals surface area contributed by atoms with E-state index in [4.69, 9.17) is 5.26 Å². The molecule has 3 heteroatoms. The van der Waals surface area contributed by atoms with Crippen molar-refractivity contribution >= 4 is 17.0 Å². The Kier molecular flexibility index (Phi) is 3.98. The predicted octanol–water partition coefficient (Wildman–Crippen LogP) is 4.98. The van der Waals surface area contributed by atoms with Gasteiger partial charge in [0, 0.05) is 15.4 Å². The Morgan fingerprint density at radius 3 is 2.81 bits per heavy atom. The van der Waals surface area contributed by atoms with Gasteiger partial charge in [0.2, 0.25) is 0 Å². The summed E-state index contributed by atoms with van der Waals surface area (Å²) in [6, 6.07) is 10.7. The summed E-state index contributed by atoms with van der Waals surface area (Å²) >= 11 is 1.95. The highest BCUT2D eigenvalue weighted by Crippen LogP contribution is 2.34. The van der Waals surface area contributed by atoms with Gasteiger partial charge in [0.1, 0.15) is 0 Å². The summed E-state index contributed by atoms with van der Waals surface area (Å²) in [5.74, 6) is 0. The maximum atomic E-state index is 9.04. The molecule has 108 valence electrons. The van der Waals surface area contributed by atoms with Crippen LogP contribution in [0.2, 0.25) is 0 Å². The van der Waals surface area contributed by atoms with Crippen LogP contribution in [0.15, 0.2) is 24.3 Å². The van der Waals surface area contributed by atoms with Crippen molar-refractivity contribution in [1.29, 1.82) is 5.26 Å². The standard InChI is InChI=1S/C18H20N2S/c1-12-7-8-14(11-19)9-16(12)20-13(2)18-10-15-5-3-4-6-17(15)21-18/h7-10,13,20H,3-6H2,1-2H3. The summed E-state index contributed by atoms with van der Waals surface area (Å²) in [5.41, 5.74) is 4.51. The van der Waals surface area contributed by atoms with Crippen LogP contribution in [0.25, 0.3) is 0 Å². The first-order valence-corrected chi connectivity index (χ1v) is 8.38. The molecule has 1 aliphatic carbocycles. The van der Waals surface area contributed by atoms with Gasteiger partial charge in [-0.15, -0.1) is 11.3 Å². The van der Waals surface area contributed by atoms with E-state index in [9.17, 15) is 0 Å². The lowest BCUT2D eigenvalue weighted by atomic mass is 9.99. The first kappa shape index (κ1) is 14.2. The van der Waals surface area contributed by atoms with Crippen LogP contribution in [-0.2, 0) is 12.8 Å². The molecule has 2 aromatic rings. The zero-order valence-corrected chi connectivity index (χ0v) is 13.4. The lowest BCUT2D eigenvalue weighted by Gasteiger charge is -2.16. The third kappa shape index (κ3) is 2.96. The van der Waals surface area contributed by atoms with Crippen molar-refractivity contribution in [2.24, 2.45) is 0 Å². The number of nitrogens with one attached hydrogen (secondary N) is 1. The molecule has 0 radical (unpaired) electrons. The largest absolute Gasteiger partial charge is 0.377 e. The van der Waals surface area contributed by atoms with Crippen molar-refractivity contribution in [3.8, 4) is 6.07 Å². The smallest absolute Gasteiger partial charge is 0.0992 e. The number of anilines is 1. The molecule has 0 spiro atoms. The Bertz CT molecular complexity index is 670. The summed E-state index contributed by atoms with van der Waals surface area (Å²) in [6.07, 6.45) is 5.14. The maximum Gasteiger partial charge on any atom is 0.0992 e. The molecule has 0 aliphatic heterocycles. The number of nitriles is 1. The van der Waals surface area contributed by atoms with Crippen molar-refractivity contribution < 1.29 is 0 Å². The van der Waals surface area contributed by atoms with Crippen LogP contribution in [0.3, 0.4) is 0 Å². The second-order valence-electron chi connectivity index (χ2n) is 5.81. The highest BCUT2D eigenvalue weighted by molar-refractivity contribution is 7.12. The Hall–Kier alpha value is -1.79. The minimum Gasteiger partial charge on any atom is -0.377 e. The molecule has 1 heterocycles. The van der Waals surface area contributed by atoms with E-state index < -0.39 is 0 Å². The molecule has 1 atom stereocenters. The molecule has 1 unspecified atom stereocenters. The molecule has 0 bridgehead atoms. The summed E-state index contributed by atoms with van der Waals surface area (Å²) in [4.78, 5) is 2.98. The van der Waals surface area contributed by atoms with Crippen molar-refractivity contribution in [2.45, 2.75) is 45.6 Å². The van der Waals surface area contributed by atoms with Gasteiger partial charge in [-0.05, 0) is 68.9 Å². The molecule has 1 N–H and O–H groups in total. The number of hydrogen-bond acceptors (Lipinski definition) is 3. The van der Waals surface area contributed by atoms with Gasteiger partial charge in [-0.3, -0.25) is 0 Å². The van der Waals surface area contributed by atoms with E-state index in [2.05, 4.69) is 31.3 Å². The molecule has 1 aromatic heterocycles. The van der Waals surface area contributed by atoms with E-state index in [1.165, 1.54) is 36.1 Å². The van der Waals surface area contributed by atoms with Crippen molar-refractivity contribution in [3.05, 3.63) is 50.7 Å². The molecule has 0 amide bonds. The summed E-state index contributed by atoms with van der Waals surface area (Å²) < 4.78 is 0. The van der Waals surface area contributed by atoms with Gasteiger partial charge < -0.3 is 5.32 Å². The predicted molar refractivity (Wildman–Crippen MR) is 88.9 cm³/mol. The average Bonchev–Trinajstić information content (AvgIpc) is 2.93. The fourth-order valence-corrected chi connectivity index (χ4v) is 4.14. The lowest BCUT2D eigenvalue weighted by Crippen LogP contribution is -2.06. The van der Waals surface area contributed by atoms with E-state index in [1.807, 2.05) is 29.5 Å². The minimum absolute atomic E-state index is 0.285. The number of aryl methyl sites for hydroxylation is 3. The van der Waals surface area contributed by atoms with Gasteiger partial charge in [0.05, 0.1) is 17.7 Å². The summed E-state index contributed by atoms with van der Waals surface area (Å²) in [6.45, 7) is 4.28. The second kappa shape index (κ2) is 5.91. The highest BCUT2D eigenvalue weighted by Gasteiger charge is 2.17. The first-order valence-electron chi connectivity index (χ1n) is 7.56. The van der Waals surface area contributed by atoms with Crippen LogP contribution in [0.1, 0.15) is 52.3 Å². The quantitative estimate of drug-likeness (QED) is 0.867. The van der Waals surface area contributed by atoms with Crippen LogP contribution in [0, 0.1) is 18.3 Å². The highest BCUT2D eigenvalue weighted by atomic mass is 32.1. The molecule has 1 aromatic carbocycles. The third-order valence-electron chi connectivity index (χ3n) is 4.18. The Morgan fingerprint density at radius 1 is 1.24 bits per heavy atom. The zero-order chi connectivity index (χ0) is 14.8. The number of rotatable bonds is 3. The Balaban J connectivity index is 1.81. The molecule has 3 rings (SSSR count). The Labute approximate surface area is 130 Å².